The molecule has 5 rings (SSSR count). The van der Waals surface area contributed by atoms with Crippen molar-refractivity contribution >= 4 is 35.1 Å². The summed E-state index contributed by atoms with van der Waals surface area (Å²) in [5.41, 5.74) is -1.19. The van der Waals surface area contributed by atoms with E-state index in [1.807, 2.05) is 51.1 Å². The monoisotopic (exact) mass is 542 g/mol. The maximum absolute atomic E-state index is 14.6. The number of nitrogens with zero attached hydrogens (tertiary/aromatic N) is 2. The molecule has 1 spiro atoms. The molecule has 2 amide bonds. The number of para-hydroxylation sites is 1. The minimum absolute atomic E-state index is 0.106. The molecule has 4 aliphatic rings. The molecule has 9 heteroatoms. The Morgan fingerprint density at radius 1 is 1.16 bits per heavy atom. The number of halogens is 1. The van der Waals surface area contributed by atoms with Gasteiger partial charge in [-0.05, 0) is 37.8 Å². The largest absolute Gasteiger partial charge is 0.465 e. The van der Waals surface area contributed by atoms with E-state index in [-0.39, 0.29) is 37.5 Å². The van der Waals surface area contributed by atoms with Gasteiger partial charge in [0.15, 0.2) is 0 Å². The number of rotatable bonds is 5. The Labute approximate surface area is 228 Å². The van der Waals surface area contributed by atoms with Gasteiger partial charge >= 0.3 is 5.97 Å². The summed E-state index contributed by atoms with van der Waals surface area (Å²) in [4.78, 5) is 45.5. The number of likely N-dealkylation sites (tertiary alicyclic amines) is 1. The van der Waals surface area contributed by atoms with Gasteiger partial charge in [-0.3, -0.25) is 14.4 Å². The molecule has 1 N–H and O–H groups in total. The third kappa shape index (κ3) is 3.83. The molecule has 2 saturated heterocycles. The first-order valence-electron chi connectivity index (χ1n) is 13.3. The van der Waals surface area contributed by atoms with Crippen molar-refractivity contribution in [3.63, 3.8) is 0 Å². The number of carbonyl (C=O) groups excluding carboxylic acids is 3. The molecule has 0 saturated carbocycles. The Kier molecular flexibility index (Phi) is 6.95. The zero-order valence-electron chi connectivity index (χ0n) is 22.2. The number of hydrogen-bond acceptors (Lipinski definition) is 6. The highest BCUT2D eigenvalue weighted by atomic mass is 35.5. The number of cyclic esters (lactones) is 1. The fourth-order valence-electron chi connectivity index (χ4n) is 6.76. The standard InChI is InChI=1S/C29H35ClN2O6/c1-5-17(2)20(16-33)32-24-26(35)31(23-18(3)10-8-11-19(23)30)14-9-13-29(24)21(25(32)34)22-27(36)37-15-7-6-12-28(22,4)38-29/h6,8-13,17,20-22,24,33H,5,7,14-16H2,1-4H3/t17-,20-,21-,22+,24?,28-,29-/m0/s1. The molecule has 1 aromatic carbocycles. The van der Waals surface area contributed by atoms with Crippen LogP contribution in [0.2, 0.25) is 5.02 Å². The van der Waals surface area contributed by atoms with Crippen molar-refractivity contribution in [1.82, 2.24) is 4.90 Å². The molecule has 8 nitrogen and oxygen atoms in total. The summed E-state index contributed by atoms with van der Waals surface area (Å²) in [5, 5.41) is 10.9. The van der Waals surface area contributed by atoms with E-state index >= 15 is 0 Å². The minimum atomic E-state index is -1.42. The maximum Gasteiger partial charge on any atom is 0.313 e. The smallest absolute Gasteiger partial charge is 0.313 e. The van der Waals surface area contributed by atoms with Crippen LogP contribution in [0.3, 0.4) is 0 Å². The van der Waals surface area contributed by atoms with E-state index in [0.29, 0.717) is 23.6 Å². The van der Waals surface area contributed by atoms with Crippen molar-refractivity contribution in [2.75, 3.05) is 24.7 Å². The highest BCUT2D eigenvalue weighted by Gasteiger charge is 2.75. The lowest BCUT2D eigenvalue weighted by Crippen LogP contribution is -2.60. The molecule has 4 heterocycles. The van der Waals surface area contributed by atoms with Gasteiger partial charge in [-0.2, -0.15) is 0 Å². The number of amides is 2. The first kappa shape index (κ1) is 26.9. The van der Waals surface area contributed by atoms with Crippen LogP contribution in [0.15, 0.2) is 42.5 Å². The van der Waals surface area contributed by atoms with Crippen LogP contribution in [0.1, 0.15) is 39.2 Å². The molecule has 38 heavy (non-hydrogen) atoms. The number of aliphatic hydroxyl groups excluding tert-OH is 1. The number of ether oxygens (including phenoxy) is 2. The second-order valence-electron chi connectivity index (χ2n) is 11.0. The van der Waals surface area contributed by atoms with Gasteiger partial charge in [0.2, 0.25) is 5.91 Å². The van der Waals surface area contributed by atoms with Crippen LogP contribution in [0, 0.1) is 24.7 Å². The molecule has 1 unspecified atom stereocenters. The summed E-state index contributed by atoms with van der Waals surface area (Å²) in [5.74, 6) is -3.30. The summed E-state index contributed by atoms with van der Waals surface area (Å²) in [6.07, 6.45) is 8.55. The SMILES string of the molecule is CC[C@H](C)[C@H](CO)N1C(=O)[C@@H]2[C@@H]3C(=O)OCCC=C[C@]3(C)O[C@@]23C=CCN(c2c(C)cccc2Cl)C(=O)C13. The van der Waals surface area contributed by atoms with Crippen LogP contribution in [0.5, 0.6) is 0 Å². The van der Waals surface area contributed by atoms with E-state index < -0.39 is 41.1 Å². The average molecular weight is 543 g/mol. The van der Waals surface area contributed by atoms with Gasteiger partial charge in [-0.15, -0.1) is 0 Å². The third-order valence-corrected chi connectivity index (χ3v) is 9.07. The minimum Gasteiger partial charge on any atom is -0.465 e. The number of benzene rings is 1. The first-order valence-corrected chi connectivity index (χ1v) is 13.7. The van der Waals surface area contributed by atoms with E-state index in [1.54, 1.807) is 24.0 Å². The van der Waals surface area contributed by atoms with Gasteiger partial charge < -0.3 is 24.4 Å². The van der Waals surface area contributed by atoms with E-state index in [2.05, 4.69) is 0 Å². The lowest BCUT2D eigenvalue weighted by Gasteiger charge is -2.42. The molecule has 2 fully saturated rings. The zero-order valence-corrected chi connectivity index (χ0v) is 23.0. The summed E-state index contributed by atoms with van der Waals surface area (Å²) < 4.78 is 12.3. The Bertz CT molecular complexity index is 1200. The van der Waals surface area contributed by atoms with Crippen molar-refractivity contribution in [3.8, 4) is 0 Å². The van der Waals surface area contributed by atoms with E-state index in [9.17, 15) is 19.5 Å². The lowest BCUT2D eigenvalue weighted by atomic mass is 9.74. The van der Waals surface area contributed by atoms with Gasteiger partial charge in [-0.25, -0.2) is 0 Å². The van der Waals surface area contributed by atoms with Crippen LogP contribution in [0.25, 0.3) is 0 Å². The summed E-state index contributed by atoms with van der Waals surface area (Å²) >= 11 is 6.60. The molecule has 0 radical (unpaired) electrons. The molecule has 0 aromatic heterocycles. The molecule has 7 atom stereocenters. The Balaban J connectivity index is 1.72. The topological polar surface area (TPSA) is 96.4 Å². The van der Waals surface area contributed by atoms with Crippen LogP contribution < -0.4 is 4.90 Å². The highest BCUT2D eigenvalue weighted by Crippen LogP contribution is 2.58. The van der Waals surface area contributed by atoms with Crippen LogP contribution in [0.4, 0.5) is 5.69 Å². The Hall–Kier alpha value is -2.68. The molecular formula is C29H35ClN2O6. The molecule has 4 aliphatic heterocycles. The third-order valence-electron chi connectivity index (χ3n) is 8.76. The second-order valence-corrected chi connectivity index (χ2v) is 11.4. The van der Waals surface area contributed by atoms with Gasteiger partial charge in [0.1, 0.15) is 17.6 Å². The lowest BCUT2D eigenvalue weighted by molar-refractivity contribution is -0.160. The van der Waals surface area contributed by atoms with E-state index in [0.717, 1.165) is 5.56 Å². The molecule has 204 valence electrons. The van der Waals surface area contributed by atoms with Crippen molar-refractivity contribution in [1.29, 1.82) is 0 Å². The molecule has 0 aliphatic carbocycles. The van der Waals surface area contributed by atoms with Crippen molar-refractivity contribution < 1.29 is 29.0 Å². The predicted molar refractivity (Wildman–Crippen MR) is 143 cm³/mol. The normalized spacial score (nSPS) is 34.2. The first-order chi connectivity index (χ1) is 18.1. The number of esters is 1. The number of aryl methyl sites for hydroxylation is 1. The average Bonchev–Trinajstić information content (AvgIpc) is 3.19. The fourth-order valence-corrected chi connectivity index (χ4v) is 7.09. The van der Waals surface area contributed by atoms with Gasteiger partial charge in [0, 0.05) is 6.54 Å². The summed E-state index contributed by atoms with van der Waals surface area (Å²) in [7, 11) is 0. The number of anilines is 1. The van der Waals surface area contributed by atoms with E-state index in [4.69, 9.17) is 21.1 Å². The number of fused-ring (bicyclic) bond motifs is 2. The summed E-state index contributed by atoms with van der Waals surface area (Å²) in [6.45, 7) is 7.68. The molecule has 0 bridgehead atoms. The number of aliphatic hydroxyl groups is 1. The van der Waals surface area contributed by atoms with Crippen LogP contribution in [-0.2, 0) is 23.9 Å². The van der Waals surface area contributed by atoms with Crippen LogP contribution in [-0.4, -0.2) is 70.8 Å². The molecular weight excluding hydrogens is 508 g/mol. The second kappa shape index (κ2) is 9.81. The fraction of sp³-hybridized carbons (Fsp3) is 0.552. The number of hydrogen-bond donors (Lipinski definition) is 1. The van der Waals surface area contributed by atoms with Crippen molar-refractivity contribution in [3.05, 3.63) is 53.1 Å². The summed E-state index contributed by atoms with van der Waals surface area (Å²) in [6, 6.07) is 3.69. The van der Waals surface area contributed by atoms with Gasteiger partial charge in [0.25, 0.3) is 5.91 Å². The Morgan fingerprint density at radius 3 is 2.61 bits per heavy atom. The predicted octanol–water partition coefficient (Wildman–Crippen LogP) is 3.43. The maximum atomic E-state index is 14.6. The van der Waals surface area contributed by atoms with Crippen LogP contribution >= 0.6 is 11.6 Å². The van der Waals surface area contributed by atoms with Gasteiger partial charge in [0.05, 0.1) is 41.5 Å². The number of carbonyl (C=O) groups is 3. The quantitative estimate of drug-likeness (QED) is 0.452. The highest BCUT2D eigenvalue weighted by molar-refractivity contribution is 6.34. The van der Waals surface area contributed by atoms with Crippen molar-refractivity contribution in [2.45, 2.75) is 63.8 Å². The van der Waals surface area contributed by atoms with E-state index in [1.165, 1.54) is 4.90 Å². The van der Waals surface area contributed by atoms with Gasteiger partial charge in [-0.1, -0.05) is 68.3 Å². The van der Waals surface area contributed by atoms with Crippen molar-refractivity contribution in [2.24, 2.45) is 17.8 Å². The Morgan fingerprint density at radius 2 is 1.92 bits per heavy atom. The zero-order chi connectivity index (χ0) is 27.4. The molecule has 1 aromatic rings.